The molecule has 0 bridgehead atoms. The van der Waals surface area contributed by atoms with Crippen LogP contribution in [-0.4, -0.2) is 26.5 Å². The minimum absolute atomic E-state index is 0.177. The third kappa shape index (κ3) is 5.03. The molecular weight excluding hydrogens is 322 g/mol. The summed E-state index contributed by atoms with van der Waals surface area (Å²) in [6, 6.07) is 22.1. The topological polar surface area (TPSA) is 21.3 Å². The van der Waals surface area contributed by atoms with Crippen LogP contribution < -0.4 is 5.32 Å². The predicted molar refractivity (Wildman–Crippen MR) is 108 cm³/mol. The van der Waals surface area contributed by atoms with Gasteiger partial charge in [-0.05, 0) is 50.2 Å². The lowest BCUT2D eigenvalue weighted by molar-refractivity contribution is 0.0266. The zero-order chi connectivity index (χ0) is 17.8. The first-order valence-corrected chi connectivity index (χ1v) is 12.9. The molecule has 134 valence electrons. The summed E-state index contributed by atoms with van der Waals surface area (Å²) >= 11 is 0. The summed E-state index contributed by atoms with van der Waals surface area (Å²) in [6.07, 6.45) is 4.37. The van der Waals surface area contributed by atoms with Crippen molar-refractivity contribution in [3.8, 4) is 0 Å². The Morgan fingerprint density at radius 1 is 0.920 bits per heavy atom. The molecule has 2 aromatic carbocycles. The Balaban J connectivity index is 1.98. The van der Waals surface area contributed by atoms with E-state index in [0.717, 1.165) is 19.4 Å². The standard InChI is InChI=1S/C22H31NOSi/c1-25(2,3)24-22(21-15-10-16-23-21,17-19-11-6-4-7-12-19)18-20-13-8-5-9-14-20/h4-9,11-14,21,23H,10,15-18H2,1-3H3/t21-/m0/s1. The summed E-state index contributed by atoms with van der Waals surface area (Å²) in [5, 5.41) is 3.76. The summed E-state index contributed by atoms with van der Waals surface area (Å²) in [5.74, 6) is 0. The number of hydrogen-bond donors (Lipinski definition) is 1. The molecule has 1 atom stereocenters. The first-order valence-electron chi connectivity index (χ1n) is 9.48. The van der Waals surface area contributed by atoms with Gasteiger partial charge in [0, 0.05) is 18.9 Å². The van der Waals surface area contributed by atoms with Gasteiger partial charge in [0.15, 0.2) is 8.32 Å². The average molecular weight is 354 g/mol. The maximum Gasteiger partial charge on any atom is 0.184 e. The molecule has 1 heterocycles. The first-order chi connectivity index (χ1) is 12.0. The van der Waals surface area contributed by atoms with Crippen molar-refractivity contribution in [2.24, 2.45) is 0 Å². The van der Waals surface area contributed by atoms with E-state index in [9.17, 15) is 0 Å². The third-order valence-corrected chi connectivity index (χ3v) is 5.92. The van der Waals surface area contributed by atoms with E-state index in [1.54, 1.807) is 0 Å². The van der Waals surface area contributed by atoms with Gasteiger partial charge in [0.1, 0.15) is 0 Å². The van der Waals surface area contributed by atoms with Gasteiger partial charge in [0.2, 0.25) is 0 Å². The maximum absolute atomic E-state index is 6.99. The average Bonchev–Trinajstić information content (AvgIpc) is 3.10. The summed E-state index contributed by atoms with van der Waals surface area (Å²) in [5.41, 5.74) is 2.56. The number of rotatable bonds is 7. The van der Waals surface area contributed by atoms with Gasteiger partial charge < -0.3 is 9.74 Å². The molecule has 1 saturated heterocycles. The maximum atomic E-state index is 6.99. The van der Waals surface area contributed by atoms with Crippen molar-refractivity contribution in [3.05, 3.63) is 71.8 Å². The molecule has 1 N–H and O–H groups in total. The minimum Gasteiger partial charge on any atom is -0.410 e. The van der Waals surface area contributed by atoms with Crippen molar-refractivity contribution >= 4 is 8.32 Å². The van der Waals surface area contributed by atoms with Gasteiger partial charge in [-0.2, -0.15) is 0 Å². The van der Waals surface area contributed by atoms with E-state index in [0.29, 0.717) is 6.04 Å². The van der Waals surface area contributed by atoms with Gasteiger partial charge in [-0.15, -0.1) is 0 Å². The first kappa shape index (κ1) is 18.4. The lowest BCUT2D eigenvalue weighted by Gasteiger charge is -2.44. The van der Waals surface area contributed by atoms with E-state index in [1.807, 2.05) is 0 Å². The van der Waals surface area contributed by atoms with Crippen molar-refractivity contribution in [2.45, 2.75) is 57.0 Å². The lowest BCUT2D eigenvalue weighted by Crippen LogP contribution is -2.57. The Bertz CT molecular complexity index is 603. The van der Waals surface area contributed by atoms with Crippen molar-refractivity contribution in [2.75, 3.05) is 6.54 Å². The molecule has 0 amide bonds. The molecule has 0 aromatic heterocycles. The van der Waals surface area contributed by atoms with Gasteiger partial charge in [-0.3, -0.25) is 0 Å². The Kier molecular flexibility index (Phi) is 5.77. The second-order valence-electron chi connectivity index (χ2n) is 8.25. The molecule has 1 aliphatic rings. The summed E-state index contributed by atoms with van der Waals surface area (Å²) < 4.78 is 6.99. The molecule has 1 fully saturated rings. The minimum atomic E-state index is -1.71. The van der Waals surface area contributed by atoms with Crippen LogP contribution >= 0.6 is 0 Å². The normalized spacial score (nSPS) is 18.4. The van der Waals surface area contributed by atoms with Gasteiger partial charge >= 0.3 is 0 Å². The molecule has 0 aliphatic carbocycles. The molecule has 3 rings (SSSR count). The van der Waals surface area contributed by atoms with Crippen molar-refractivity contribution in [1.82, 2.24) is 5.32 Å². The van der Waals surface area contributed by atoms with Crippen LogP contribution in [-0.2, 0) is 17.3 Å². The summed E-state index contributed by atoms with van der Waals surface area (Å²) in [7, 11) is -1.71. The fourth-order valence-electron chi connectivity index (χ4n) is 4.08. The molecule has 3 heteroatoms. The molecule has 1 aliphatic heterocycles. The highest BCUT2D eigenvalue weighted by Crippen LogP contribution is 2.34. The van der Waals surface area contributed by atoms with Crippen molar-refractivity contribution < 1.29 is 4.43 Å². The van der Waals surface area contributed by atoms with Crippen LogP contribution in [0, 0.1) is 0 Å². The van der Waals surface area contributed by atoms with Gasteiger partial charge in [-0.25, -0.2) is 0 Å². The van der Waals surface area contributed by atoms with E-state index in [1.165, 1.54) is 24.0 Å². The number of hydrogen-bond acceptors (Lipinski definition) is 2. The zero-order valence-corrected chi connectivity index (χ0v) is 16.8. The van der Waals surface area contributed by atoms with E-state index in [4.69, 9.17) is 4.43 Å². The van der Waals surface area contributed by atoms with Crippen LogP contribution in [0.2, 0.25) is 19.6 Å². The largest absolute Gasteiger partial charge is 0.410 e. The quantitative estimate of drug-likeness (QED) is 0.721. The van der Waals surface area contributed by atoms with Crippen LogP contribution in [0.15, 0.2) is 60.7 Å². The smallest absolute Gasteiger partial charge is 0.184 e. The van der Waals surface area contributed by atoms with E-state index >= 15 is 0 Å². The number of benzene rings is 2. The van der Waals surface area contributed by atoms with Gasteiger partial charge in [0.25, 0.3) is 0 Å². The lowest BCUT2D eigenvalue weighted by atomic mass is 9.81. The van der Waals surface area contributed by atoms with Crippen LogP contribution in [0.3, 0.4) is 0 Å². The number of nitrogens with one attached hydrogen (secondary N) is 1. The third-order valence-electron chi connectivity index (χ3n) is 4.90. The van der Waals surface area contributed by atoms with Crippen LogP contribution in [0.5, 0.6) is 0 Å². The van der Waals surface area contributed by atoms with E-state index in [2.05, 4.69) is 85.6 Å². The van der Waals surface area contributed by atoms with Crippen molar-refractivity contribution in [1.29, 1.82) is 0 Å². The SMILES string of the molecule is C[Si](C)(C)OC(Cc1ccccc1)(Cc1ccccc1)[C@@H]1CCCN1. The van der Waals surface area contributed by atoms with Gasteiger partial charge in [0.05, 0.1) is 5.60 Å². The highest BCUT2D eigenvalue weighted by atomic mass is 28.4. The molecule has 0 unspecified atom stereocenters. The summed E-state index contributed by atoms with van der Waals surface area (Å²) in [6.45, 7) is 8.04. The Morgan fingerprint density at radius 2 is 1.44 bits per heavy atom. The van der Waals surface area contributed by atoms with Crippen molar-refractivity contribution in [3.63, 3.8) is 0 Å². The van der Waals surface area contributed by atoms with Crippen LogP contribution in [0.4, 0.5) is 0 Å². The fourth-order valence-corrected chi connectivity index (χ4v) is 5.58. The molecule has 0 saturated carbocycles. The Labute approximate surface area is 153 Å². The zero-order valence-electron chi connectivity index (χ0n) is 15.8. The highest BCUT2D eigenvalue weighted by molar-refractivity contribution is 6.69. The van der Waals surface area contributed by atoms with E-state index in [-0.39, 0.29) is 5.60 Å². The monoisotopic (exact) mass is 353 g/mol. The second kappa shape index (κ2) is 7.86. The molecule has 0 radical (unpaired) electrons. The molecule has 2 aromatic rings. The van der Waals surface area contributed by atoms with Crippen LogP contribution in [0.1, 0.15) is 24.0 Å². The highest BCUT2D eigenvalue weighted by Gasteiger charge is 2.44. The molecule has 2 nitrogen and oxygen atoms in total. The Hall–Kier alpha value is -1.42. The molecule has 25 heavy (non-hydrogen) atoms. The second-order valence-corrected chi connectivity index (χ2v) is 12.7. The predicted octanol–water partition coefficient (Wildman–Crippen LogP) is 4.81. The molecule has 0 spiro atoms. The molecular formula is C22H31NOSi. The van der Waals surface area contributed by atoms with Crippen LogP contribution in [0.25, 0.3) is 0 Å². The Morgan fingerprint density at radius 3 is 1.84 bits per heavy atom. The summed E-state index contributed by atoms with van der Waals surface area (Å²) in [4.78, 5) is 0. The van der Waals surface area contributed by atoms with Gasteiger partial charge in [-0.1, -0.05) is 60.7 Å². The van der Waals surface area contributed by atoms with E-state index < -0.39 is 8.32 Å². The fraction of sp³-hybridized carbons (Fsp3) is 0.455.